The second kappa shape index (κ2) is 10.6. The van der Waals surface area contributed by atoms with Crippen molar-refractivity contribution in [2.45, 2.75) is 76.0 Å². The van der Waals surface area contributed by atoms with Crippen LogP contribution in [0.4, 0.5) is 13.2 Å². The predicted molar refractivity (Wildman–Crippen MR) is 156 cm³/mol. The van der Waals surface area contributed by atoms with Crippen LogP contribution in [0.15, 0.2) is 30.5 Å². The fourth-order valence-electron chi connectivity index (χ4n) is 7.30. The first-order valence-electron chi connectivity index (χ1n) is 15.1. The van der Waals surface area contributed by atoms with Gasteiger partial charge in [-0.25, -0.2) is 0 Å². The summed E-state index contributed by atoms with van der Waals surface area (Å²) in [5.41, 5.74) is 2.02. The topological polar surface area (TPSA) is 110 Å². The molecule has 2 unspecified atom stereocenters. The predicted octanol–water partition coefficient (Wildman–Crippen LogP) is 5.47. The number of aryl methyl sites for hydroxylation is 1. The van der Waals surface area contributed by atoms with Crippen LogP contribution in [0.3, 0.4) is 0 Å². The van der Waals surface area contributed by atoms with Crippen LogP contribution in [0.25, 0.3) is 5.57 Å². The van der Waals surface area contributed by atoms with Gasteiger partial charge in [-0.2, -0.15) is 28.1 Å². The Kier molecular flexibility index (Phi) is 6.99. The summed E-state index contributed by atoms with van der Waals surface area (Å²) in [6.45, 7) is 0.868. The zero-order chi connectivity index (χ0) is 31.8. The number of aliphatic carboxylic acids is 1. The molecule has 3 aromatic rings. The van der Waals surface area contributed by atoms with Crippen molar-refractivity contribution in [1.82, 2.24) is 24.5 Å². The SMILES string of the molecule is Cn1ncc2c1CN(C(=O)C1CCc3c(C4=CCC(C(=O)O)CC4)nn(C(=O)c4c(Cl)cccc4C4(C(F)(F)F)CC4)c3C1)C2. The van der Waals surface area contributed by atoms with Crippen LogP contribution < -0.4 is 0 Å². The normalized spacial score (nSPS) is 22.1. The minimum absolute atomic E-state index is 0.0628. The van der Waals surface area contributed by atoms with Crippen molar-refractivity contribution in [2.75, 3.05) is 0 Å². The van der Waals surface area contributed by atoms with E-state index in [0.29, 0.717) is 56.6 Å². The van der Waals surface area contributed by atoms with Gasteiger partial charge in [0, 0.05) is 37.1 Å². The number of hydrogen-bond donors (Lipinski definition) is 1. The minimum atomic E-state index is -4.56. The smallest absolute Gasteiger partial charge is 0.398 e. The Bertz CT molecular complexity index is 1790. The lowest BCUT2D eigenvalue weighted by atomic mass is 9.82. The second-order valence-electron chi connectivity index (χ2n) is 12.6. The molecule has 2 atom stereocenters. The number of carbonyl (C=O) groups is 3. The fraction of sp³-hybridized carbons (Fsp3) is 0.469. The van der Waals surface area contributed by atoms with Crippen molar-refractivity contribution < 1.29 is 32.7 Å². The Hall–Kier alpha value is -3.93. The highest BCUT2D eigenvalue weighted by Crippen LogP contribution is 2.60. The largest absolute Gasteiger partial charge is 0.481 e. The van der Waals surface area contributed by atoms with Gasteiger partial charge in [0.2, 0.25) is 5.91 Å². The van der Waals surface area contributed by atoms with Crippen LogP contribution in [-0.4, -0.2) is 53.5 Å². The highest BCUT2D eigenvalue weighted by molar-refractivity contribution is 6.34. The van der Waals surface area contributed by atoms with Crippen molar-refractivity contribution in [3.63, 3.8) is 0 Å². The average Bonchev–Trinajstić information content (AvgIpc) is 3.44. The van der Waals surface area contributed by atoms with E-state index in [1.54, 1.807) is 15.8 Å². The number of aromatic nitrogens is 4. The first-order chi connectivity index (χ1) is 21.4. The number of carbonyl (C=O) groups excluding carboxylic acids is 2. The van der Waals surface area contributed by atoms with E-state index in [1.165, 1.54) is 18.2 Å². The molecule has 0 bridgehead atoms. The Morgan fingerprint density at radius 2 is 1.82 bits per heavy atom. The van der Waals surface area contributed by atoms with Gasteiger partial charge in [0.25, 0.3) is 5.91 Å². The maximum Gasteiger partial charge on any atom is 0.398 e. The molecule has 1 aromatic carbocycles. The van der Waals surface area contributed by atoms with Gasteiger partial charge in [-0.05, 0) is 62.1 Å². The molecular formula is C32H31ClF3N5O4. The molecule has 236 valence electrons. The van der Waals surface area contributed by atoms with Gasteiger partial charge < -0.3 is 10.0 Å². The molecule has 0 saturated heterocycles. The van der Waals surface area contributed by atoms with Crippen LogP contribution in [-0.2, 0) is 48.0 Å². The van der Waals surface area contributed by atoms with E-state index in [9.17, 15) is 32.7 Å². The van der Waals surface area contributed by atoms with Crippen molar-refractivity contribution in [2.24, 2.45) is 18.9 Å². The van der Waals surface area contributed by atoms with Crippen LogP contribution in [0.5, 0.6) is 0 Å². The summed E-state index contributed by atoms with van der Waals surface area (Å²) >= 11 is 6.49. The zero-order valence-electron chi connectivity index (χ0n) is 24.5. The molecule has 13 heteroatoms. The number of carboxylic acid groups (broad SMARTS) is 1. The lowest BCUT2D eigenvalue weighted by Crippen LogP contribution is -2.36. The summed E-state index contributed by atoms with van der Waals surface area (Å²) < 4.78 is 45.8. The Labute approximate surface area is 261 Å². The molecule has 0 spiro atoms. The zero-order valence-corrected chi connectivity index (χ0v) is 25.3. The summed E-state index contributed by atoms with van der Waals surface area (Å²) in [7, 11) is 1.83. The van der Waals surface area contributed by atoms with E-state index in [1.807, 2.05) is 13.1 Å². The quantitative estimate of drug-likeness (QED) is 0.396. The molecule has 1 amide bonds. The minimum Gasteiger partial charge on any atom is -0.481 e. The maximum atomic E-state index is 14.3. The molecule has 7 rings (SSSR count). The van der Waals surface area contributed by atoms with E-state index in [4.69, 9.17) is 16.7 Å². The number of benzene rings is 1. The number of amides is 1. The number of alkyl halides is 3. The number of nitrogens with zero attached hydrogens (tertiary/aromatic N) is 5. The van der Waals surface area contributed by atoms with Crippen LogP contribution in [0.2, 0.25) is 5.02 Å². The van der Waals surface area contributed by atoms with Crippen LogP contribution in [0.1, 0.15) is 82.7 Å². The Morgan fingerprint density at radius 1 is 1.07 bits per heavy atom. The van der Waals surface area contributed by atoms with Crippen LogP contribution >= 0.6 is 11.6 Å². The fourth-order valence-corrected chi connectivity index (χ4v) is 7.55. The van der Waals surface area contributed by atoms with Gasteiger partial charge in [0.05, 0.1) is 51.7 Å². The molecule has 3 heterocycles. The van der Waals surface area contributed by atoms with E-state index < -0.39 is 35.3 Å². The third kappa shape index (κ3) is 4.79. The number of fused-ring (bicyclic) bond motifs is 2. The second-order valence-corrected chi connectivity index (χ2v) is 13.1. The molecule has 4 aliphatic rings. The number of allylic oxidation sites excluding steroid dienone is 2. The van der Waals surface area contributed by atoms with Gasteiger partial charge in [0.15, 0.2) is 0 Å². The number of carboxylic acids is 1. The van der Waals surface area contributed by atoms with Crippen molar-refractivity contribution in [1.29, 1.82) is 0 Å². The summed E-state index contributed by atoms with van der Waals surface area (Å²) in [6, 6.07) is 4.15. The highest BCUT2D eigenvalue weighted by atomic mass is 35.5. The van der Waals surface area contributed by atoms with Crippen molar-refractivity contribution >= 4 is 35.0 Å². The first kappa shape index (κ1) is 29.8. The monoisotopic (exact) mass is 641 g/mol. The molecule has 45 heavy (non-hydrogen) atoms. The molecule has 2 aromatic heterocycles. The van der Waals surface area contributed by atoms with Crippen LogP contribution in [0, 0.1) is 11.8 Å². The maximum absolute atomic E-state index is 14.3. The van der Waals surface area contributed by atoms with Gasteiger partial charge in [-0.1, -0.05) is 29.8 Å². The van der Waals surface area contributed by atoms with Gasteiger partial charge >= 0.3 is 12.1 Å². The molecule has 3 aliphatic carbocycles. The van der Waals surface area contributed by atoms with Crippen molar-refractivity contribution in [3.8, 4) is 0 Å². The molecular weight excluding hydrogens is 611 g/mol. The molecule has 1 saturated carbocycles. The molecule has 9 nitrogen and oxygen atoms in total. The van der Waals surface area contributed by atoms with E-state index >= 15 is 0 Å². The molecule has 1 fully saturated rings. The summed E-state index contributed by atoms with van der Waals surface area (Å²) in [5.74, 6) is -2.67. The standard InChI is InChI=1S/C32H31ClF3N5O4/c1-39-25-16-40(15-20(25)14-37-39)28(42)19-9-10-21-24(13-19)41(38-27(21)17-5-7-18(8-6-17)30(44)45)29(43)26-22(3-2-4-23(26)33)31(11-12-31)32(34,35)36/h2-5,14,18-19H,6-13,15-16H2,1H3,(H,44,45). The third-order valence-electron chi connectivity index (χ3n) is 10.1. The molecule has 0 radical (unpaired) electrons. The van der Waals surface area contributed by atoms with E-state index in [-0.39, 0.29) is 41.3 Å². The van der Waals surface area contributed by atoms with Crippen molar-refractivity contribution in [3.05, 3.63) is 74.8 Å². The number of rotatable bonds is 5. The Morgan fingerprint density at radius 3 is 2.47 bits per heavy atom. The summed E-state index contributed by atoms with van der Waals surface area (Å²) in [6.07, 6.45) is 1.05. The Balaban J connectivity index is 1.28. The third-order valence-corrected chi connectivity index (χ3v) is 10.4. The number of hydrogen-bond acceptors (Lipinski definition) is 5. The summed E-state index contributed by atoms with van der Waals surface area (Å²) in [5, 5.41) is 18.3. The highest BCUT2D eigenvalue weighted by Gasteiger charge is 2.65. The van der Waals surface area contributed by atoms with Gasteiger partial charge in [-0.15, -0.1) is 0 Å². The lowest BCUT2D eigenvalue weighted by Gasteiger charge is -2.27. The van der Waals surface area contributed by atoms with Gasteiger partial charge in [-0.3, -0.25) is 19.1 Å². The first-order valence-corrected chi connectivity index (χ1v) is 15.5. The molecule has 1 aliphatic heterocycles. The lowest BCUT2D eigenvalue weighted by molar-refractivity contribution is -0.160. The number of halogens is 4. The molecule has 1 N–H and O–H groups in total. The van der Waals surface area contributed by atoms with E-state index in [2.05, 4.69) is 5.10 Å². The van der Waals surface area contributed by atoms with E-state index in [0.717, 1.165) is 27.1 Å². The summed E-state index contributed by atoms with van der Waals surface area (Å²) in [4.78, 5) is 41.4. The average molecular weight is 642 g/mol. The van der Waals surface area contributed by atoms with Gasteiger partial charge in [0.1, 0.15) is 0 Å².